The molecule has 3 heterocycles. The molecule has 2 aromatic heterocycles. The molecule has 2 atom stereocenters. The molecule has 2 aromatic carbocycles. The Morgan fingerprint density at radius 3 is 2.53 bits per heavy atom. The van der Waals surface area contributed by atoms with E-state index in [1.54, 1.807) is 12.1 Å². The number of nitriles is 1. The molecule has 1 saturated carbocycles. The van der Waals surface area contributed by atoms with E-state index < -0.39 is 11.4 Å². The molecule has 0 unspecified atom stereocenters. The second-order valence-corrected chi connectivity index (χ2v) is 10.2. The summed E-state index contributed by atoms with van der Waals surface area (Å²) in [7, 11) is 3.04. The molecule has 2 aliphatic rings. The van der Waals surface area contributed by atoms with Crippen LogP contribution in [0.25, 0.3) is 21.9 Å². The minimum absolute atomic E-state index is 0.115. The summed E-state index contributed by atoms with van der Waals surface area (Å²) in [5.74, 6) is -0.633. The monoisotopic (exact) mass is 514 g/mol. The minimum atomic E-state index is -0.633. The van der Waals surface area contributed by atoms with Gasteiger partial charge in [0.15, 0.2) is 0 Å². The quantitative estimate of drug-likeness (QED) is 0.414. The lowest BCUT2D eigenvalue weighted by molar-refractivity contribution is -0.0174. The number of benzene rings is 2. The van der Waals surface area contributed by atoms with Crippen LogP contribution in [-0.4, -0.2) is 38.3 Å². The summed E-state index contributed by atoms with van der Waals surface area (Å²) in [6.45, 7) is 3.05. The van der Waals surface area contributed by atoms with E-state index in [4.69, 9.17) is 4.74 Å². The number of morpholine rings is 1. The van der Waals surface area contributed by atoms with E-state index in [9.17, 15) is 14.9 Å². The van der Waals surface area contributed by atoms with Gasteiger partial charge < -0.3 is 9.64 Å². The van der Waals surface area contributed by atoms with Crippen molar-refractivity contribution < 1.29 is 9.13 Å². The van der Waals surface area contributed by atoms with Crippen LogP contribution >= 0.6 is 0 Å². The van der Waals surface area contributed by atoms with Crippen LogP contribution in [0, 0.1) is 17.1 Å². The van der Waals surface area contributed by atoms with Crippen molar-refractivity contribution in [2.75, 3.05) is 18.0 Å². The van der Waals surface area contributed by atoms with Gasteiger partial charge in [0.25, 0.3) is 11.1 Å². The molecule has 1 aliphatic heterocycles. The molecule has 1 saturated heterocycles. The van der Waals surface area contributed by atoms with Gasteiger partial charge in [0.05, 0.1) is 40.7 Å². The third-order valence-electron chi connectivity index (χ3n) is 7.53. The predicted molar refractivity (Wildman–Crippen MR) is 141 cm³/mol. The molecule has 1 aliphatic carbocycles. The topological polar surface area (TPSA) is 98.1 Å². The molecule has 0 bridgehead atoms. The van der Waals surface area contributed by atoms with Crippen molar-refractivity contribution in [2.24, 2.45) is 14.1 Å². The smallest absolute Gasteiger partial charge is 0.273 e. The zero-order valence-electron chi connectivity index (χ0n) is 21.4. The fourth-order valence-corrected chi connectivity index (χ4v) is 5.24. The van der Waals surface area contributed by atoms with E-state index in [1.165, 1.54) is 35.6 Å². The van der Waals surface area contributed by atoms with Gasteiger partial charge in [-0.2, -0.15) is 10.4 Å². The highest BCUT2D eigenvalue weighted by Crippen LogP contribution is 2.37. The first-order chi connectivity index (χ1) is 18.2. The number of fused-ring (bicyclic) bond motifs is 1. The second-order valence-electron chi connectivity index (χ2n) is 10.2. The number of hydrogen-bond acceptors (Lipinski definition) is 6. The Balaban J connectivity index is 1.51. The van der Waals surface area contributed by atoms with Crippen molar-refractivity contribution in [1.29, 1.82) is 5.26 Å². The summed E-state index contributed by atoms with van der Waals surface area (Å²) in [5.41, 5.74) is 1.55. The third kappa shape index (κ3) is 4.00. The van der Waals surface area contributed by atoms with Crippen LogP contribution in [0.3, 0.4) is 0 Å². The van der Waals surface area contributed by atoms with Crippen molar-refractivity contribution in [3.05, 3.63) is 80.4 Å². The maximum absolute atomic E-state index is 15.3. The first-order valence-electron chi connectivity index (χ1n) is 12.6. The van der Waals surface area contributed by atoms with Crippen LogP contribution in [0.4, 0.5) is 10.1 Å². The van der Waals surface area contributed by atoms with Gasteiger partial charge in [-0.3, -0.25) is 23.6 Å². The number of aromatic nitrogens is 4. The van der Waals surface area contributed by atoms with Crippen LogP contribution in [0.15, 0.2) is 52.3 Å². The van der Waals surface area contributed by atoms with Gasteiger partial charge in [-0.05, 0) is 44.0 Å². The summed E-state index contributed by atoms with van der Waals surface area (Å²) in [4.78, 5) is 28.8. The maximum atomic E-state index is 15.3. The second kappa shape index (κ2) is 8.96. The maximum Gasteiger partial charge on any atom is 0.273 e. The van der Waals surface area contributed by atoms with Gasteiger partial charge in [-0.15, -0.1) is 0 Å². The van der Waals surface area contributed by atoms with E-state index in [1.807, 2.05) is 30.1 Å². The molecule has 10 heteroatoms. The van der Waals surface area contributed by atoms with E-state index in [0.717, 1.165) is 24.5 Å². The Morgan fingerprint density at radius 1 is 1.05 bits per heavy atom. The minimum Gasteiger partial charge on any atom is -0.367 e. The van der Waals surface area contributed by atoms with Gasteiger partial charge in [0.2, 0.25) is 0 Å². The summed E-state index contributed by atoms with van der Waals surface area (Å²) >= 11 is 0. The van der Waals surface area contributed by atoms with Crippen molar-refractivity contribution in [1.82, 2.24) is 19.1 Å². The first-order valence-corrected chi connectivity index (χ1v) is 12.6. The van der Waals surface area contributed by atoms with Gasteiger partial charge >= 0.3 is 0 Å². The molecule has 194 valence electrons. The molecule has 4 aromatic rings. The van der Waals surface area contributed by atoms with Crippen molar-refractivity contribution in [2.45, 2.75) is 38.0 Å². The molecule has 0 spiro atoms. The van der Waals surface area contributed by atoms with Crippen LogP contribution < -0.4 is 16.0 Å². The van der Waals surface area contributed by atoms with Crippen molar-refractivity contribution in [3.8, 4) is 17.2 Å². The van der Waals surface area contributed by atoms with Gasteiger partial charge in [0, 0.05) is 55.8 Å². The highest BCUT2D eigenvalue weighted by atomic mass is 19.1. The summed E-state index contributed by atoms with van der Waals surface area (Å²) in [5, 5.41) is 14.1. The summed E-state index contributed by atoms with van der Waals surface area (Å²) < 4.78 is 26.0. The molecule has 6 rings (SSSR count). The Morgan fingerprint density at radius 2 is 1.82 bits per heavy atom. The summed E-state index contributed by atoms with van der Waals surface area (Å²) in [6, 6.07) is 10.0. The molecule has 0 N–H and O–H groups in total. The van der Waals surface area contributed by atoms with Gasteiger partial charge in [0.1, 0.15) is 11.9 Å². The number of nitrogens with zero attached hydrogens (tertiary/aromatic N) is 6. The fourth-order valence-electron chi connectivity index (χ4n) is 5.24. The van der Waals surface area contributed by atoms with Gasteiger partial charge in [-0.25, -0.2) is 4.39 Å². The Hall–Kier alpha value is -4.23. The zero-order chi connectivity index (χ0) is 26.7. The Kier molecular flexibility index (Phi) is 5.69. The Labute approximate surface area is 217 Å². The lowest BCUT2D eigenvalue weighted by Gasteiger charge is -2.38. The molecular weight excluding hydrogens is 487 g/mol. The highest BCUT2D eigenvalue weighted by molar-refractivity contribution is 5.98. The van der Waals surface area contributed by atoms with Crippen LogP contribution in [0.1, 0.15) is 43.0 Å². The van der Waals surface area contributed by atoms with E-state index in [2.05, 4.69) is 10.00 Å². The molecular formula is C28H27FN6O3. The third-order valence-corrected chi connectivity index (χ3v) is 7.53. The number of hydrogen-bond donors (Lipinski definition) is 0. The Bertz CT molecular complexity index is 1740. The molecule has 38 heavy (non-hydrogen) atoms. The largest absolute Gasteiger partial charge is 0.367 e. The average Bonchev–Trinajstić information content (AvgIpc) is 3.65. The van der Waals surface area contributed by atoms with Crippen molar-refractivity contribution in [3.63, 3.8) is 0 Å². The number of anilines is 1. The van der Waals surface area contributed by atoms with Crippen LogP contribution in [0.2, 0.25) is 0 Å². The lowest BCUT2D eigenvalue weighted by atomic mass is 9.96. The van der Waals surface area contributed by atoms with Crippen LogP contribution in [0.5, 0.6) is 0 Å². The fraction of sp³-hybridized carbons (Fsp3) is 0.357. The van der Waals surface area contributed by atoms with E-state index in [0.29, 0.717) is 30.4 Å². The summed E-state index contributed by atoms with van der Waals surface area (Å²) in [6.07, 6.45) is 5.80. The van der Waals surface area contributed by atoms with E-state index >= 15 is 4.39 Å². The van der Waals surface area contributed by atoms with Gasteiger partial charge in [-0.1, -0.05) is 6.07 Å². The van der Waals surface area contributed by atoms with Crippen molar-refractivity contribution >= 4 is 16.5 Å². The molecule has 9 nitrogen and oxygen atoms in total. The molecule has 0 amide bonds. The highest BCUT2D eigenvalue weighted by Gasteiger charge is 2.31. The number of rotatable bonds is 4. The lowest BCUT2D eigenvalue weighted by Crippen LogP contribution is -2.43. The molecule has 0 radical (unpaired) electrons. The first kappa shape index (κ1) is 24.1. The number of halogens is 1. The normalized spacial score (nSPS) is 19.6. The SMILES string of the molecule is C[C@H]1CN(c2cc(-c3ccc(C#N)cc3F)c3c(=O)n(C)n(C)c(=O)c3c2)C[C@@H](c2cnn(C3CC3)c2)O1. The number of ether oxygens (including phenoxy) is 1. The average molecular weight is 515 g/mol. The standard InChI is InChI=1S/C28H27FN6O3/c1-16-13-34(15-25(38-16)18-12-31-35(14-18)19-5-6-19)20-9-22(21-7-4-17(11-30)8-24(21)29)26-23(10-20)27(36)32(2)33(3)28(26)37/h4,7-10,12,14,16,19,25H,5-6,13,15H2,1-3H3/t16-,25-/m0/s1. The van der Waals surface area contributed by atoms with E-state index in [-0.39, 0.29) is 39.7 Å². The van der Waals surface area contributed by atoms with Crippen LogP contribution in [-0.2, 0) is 18.8 Å². The molecule has 2 fully saturated rings. The zero-order valence-corrected chi connectivity index (χ0v) is 21.4. The predicted octanol–water partition coefficient (Wildman–Crippen LogP) is 3.41.